The first kappa shape index (κ1) is 21.8. The number of hydrogen-bond acceptors (Lipinski definition) is 6. The van der Waals surface area contributed by atoms with Gasteiger partial charge in [-0.05, 0) is 65.2 Å². The molecule has 0 radical (unpaired) electrons. The van der Waals surface area contributed by atoms with Gasteiger partial charge < -0.3 is 10.1 Å². The molecule has 1 spiro atoms. The minimum Gasteiger partial charge on any atom is -0.452 e. The highest BCUT2D eigenvalue weighted by Crippen LogP contribution is 2.64. The molecule has 0 aromatic rings. The van der Waals surface area contributed by atoms with E-state index in [-0.39, 0.29) is 11.9 Å². The molecule has 28 heavy (non-hydrogen) atoms. The van der Waals surface area contributed by atoms with E-state index in [0.717, 1.165) is 12.8 Å². The maximum Gasteiger partial charge on any atom is 0.321 e. The van der Waals surface area contributed by atoms with E-state index in [1.807, 2.05) is 20.8 Å². The maximum absolute atomic E-state index is 12.7. The number of esters is 1. The molecule has 0 aromatic heterocycles. The number of ether oxygens (including phenoxy) is 1. The van der Waals surface area contributed by atoms with E-state index in [1.165, 1.54) is 37.7 Å². The first-order valence-electron chi connectivity index (χ1n) is 10.2. The number of nitrogens with one attached hydrogen (secondary N) is 2. The topological polar surface area (TPSA) is 84.5 Å². The van der Waals surface area contributed by atoms with Crippen LogP contribution in [0, 0.1) is 17.8 Å². The summed E-state index contributed by atoms with van der Waals surface area (Å²) in [6.45, 7) is 7.00. The van der Waals surface area contributed by atoms with Gasteiger partial charge in [0.1, 0.15) is 0 Å². The van der Waals surface area contributed by atoms with Crippen LogP contribution in [0.5, 0.6) is 0 Å². The summed E-state index contributed by atoms with van der Waals surface area (Å²) in [5.74, 6) is 2.50. The molecule has 1 heterocycles. The van der Waals surface area contributed by atoms with Crippen molar-refractivity contribution in [1.82, 2.24) is 10.6 Å². The first-order chi connectivity index (χ1) is 13.1. The highest BCUT2D eigenvalue weighted by atomic mass is 32.2. The van der Waals surface area contributed by atoms with E-state index < -0.39 is 23.6 Å². The van der Waals surface area contributed by atoms with Gasteiger partial charge in [0.25, 0.3) is 5.91 Å². The lowest BCUT2D eigenvalue weighted by atomic mass is 9.67. The molecule has 4 atom stereocenters. The van der Waals surface area contributed by atoms with Crippen molar-refractivity contribution in [3.05, 3.63) is 0 Å². The van der Waals surface area contributed by atoms with E-state index in [1.54, 1.807) is 0 Å². The normalized spacial score (nSPS) is 29.8. The Kier molecular flexibility index (Phi) is 6.59. The Morgan fingerprint density at radius 2 is 1.64 bits per heavy atom. The van der Waals surface area contributed by atoms with E-state index in [2.05, 4.69) is 34.2 Å². The Balaban J connectivity index is 1.53. The van der Waals surface area contributed by atoms with Gasteiger partial charge in [-0.2, -0.15) is 0 Å². The number of carbonyl (C=O) groups excluding carboxylic acids is 3. The van der Waals surface area contributed by atoms with Crippen molar-refractivity contribution in [2.24, 2.45) is 17.8 Å². The van der Waals surface area contributed by atoms with Crippen LogP contribution in [0.4, 0.5) is 4.79 Å². The van der Waals surface area contributed by atoms with Crippen molar-refractivity contribution < 1.29 is 19.1 Å². The van der Waals surface area contributed by atoms with Crippen LogP contribution >= 0.6 is 23.5 Å². The van der Waals surface area contributed by atoms with E-state index in [9.17, 15) is 14.4 Å². The molecule has 2 N–H and O–H groups in total. The van der Waals surface area contributed by atoms with Gasteiger partial charge in [0.2, 0.25) is 0 Å². The maximum atomic E-state index is 12.7. The molecule has 2 saturated carbocycles. The second-order valence-electron chi connectivity index (χ2n) is 9.18. The summed E-state index contributed by atoms with van der Waals surface area (Å²) in [5.41, 5.74) is -0.448. The predicted molar refractivity (Wildman–Crippen MR) is 113 cm³/mol. The third kappa shape index (κ3) is 4.81. The summed E-state index contributed by atoms with van der Waals surface area (Å²) in [4.78, 5) is 36.8. The van der Waals surface area contributed by atoms with Crippen LogP contribution in [-0.4, -0.2) is 45.1 Å². The van der Waals surface area contributed by atoms with Crippen LogP contribution in [0.2, 0.25) is 0 Å². The fourth-order valence-corrected chi connectivity index (χ4v) is 8.65. The average molecular weight is 429 g/mol. The summed E-state index contributed by atoms with van der Waals surface area (Å²) in [5, 5.41) is 4.91. The number of urea groups is 1. The largest absolute Gasteiger partial charge is 0.452 e. The smallest absolute Gasteiger partial charge is 0.321 e. The molecule has 0 aromatic carbocycles. The van der Waals surface area contributed by atoms with E-state index in [0.29, 0.717) is 15.9 Å². The zero-order chi connectivity index (χ0) is 20.5. The molecule has 3 amide bonds. The van der Waals surface area contributed by atoms with Crippen LogP contribution in [0.25, 0.3) is 0 Å². The van der Waals surface area contributed by atoms with Gasteiger partial charge in [-0.3, -0.25) is 14.9 Å². The number of rotatable bonds is 3. The molecule has 158 valence electrons. The number of thioether (sulfide) groups is 2. The van der Waals surface area contributed by atoms with Crippen molar-refractivity contribution >= 4 is 41.4 Å². The molecular formula is C20H32N2O4S2. The van der Waals surface area contributed by atoms with E-state index in [4.69, 9.17) is 4.74 Å². The molecule has 3 aliphatic rings. The fraction of sp³-hybridized carbons (Fsp3) is 0.850. The standard InChI is InChI=1S/C20H32N2O4S2/c1-12(16(23)21-18(25)22-19(2,3)4)26-17(24)13-10-14-6-5-7-15(11-13)20(14)27-8-9-28-20/h12-15H,5-11H2,1-4H3,(H2,21,22,23,25)/t12-,13?,14-,15+/m0/s1. The Morgan fingerprint density at radius 1 is 1.07 bits per heavy atom. The zero-order valence-electron chi connectivity index (χ0n) is 17.2. The SMILES string of the molecule is C[C@H](OC(=O)C1C[C@H]2CCC[C@@H](C1)C21SCCS1)C(=O)NC(=O)NC(C)(C)C. The highest BCUT2D eigenvalue weighted by molar-refractivity contribution is 8.21. The van der Waals surface area contributed by atoms with Crippen LogP contribution in [0.3, 0.4) is 0 Å². The summed E-state index contributed by atoms with van der Waals surface area (Å²) >= 11 is 4.21. The summed E-state index contributed by atoms with van der Waals surface area (Å²) in [7, 11) is 0. The minimum atomic E-state index is -0.982. The molecule has 3 rings (SSSR count). The lowest BCUT2D eigenvalue weighted by Crippen LogP contribution is -2.51. The number of imide groups is 1. The van der Waals surface area contributed by atoms with Crippen molar-refractivity contribution in [1.29, 1.82) is 0 Å². The van der Waals surface area contributed by atoms with Crippen LogP contribution in [0.1, 0.15) is 59.8 Å². The second-order valence-corrected chi connectivity index (χ2v) is 12.2. The quantitative estimate of drug-likeness (QED) is 0.669. The Morgan fingerprint density at radius 3 is 2.18 bits per heavy atom. The second kappa shape index (κ2) is 8.46. The average Bonchev–Trinajstić information content (AvgIpc) is 3.02. The third-order valence-electron chi connectivity index (χ3n) is 5.84. The molecular weight excluding hydrogens is 396 g/mol. The minimum absolute atomic E-state index is 0.138. The van der Waals surface area contributed by atoms with E-state index >= 15 is 0 Å². The predicted octanol–water partition coefficient (Wildman–Crippen LogP) is 3.55. The monoisotopic (exact) mass is 428 g/mol. The van der Waals surface area contributed by atoms with Gasteiger partial charge in [0, 0.05) is 17.0 Å². The van der Waals surface area contributed by atoms with Gasteiger partial charge in [0.15, 0.2) is 6.10 Å². The van der Waals surface area contributed by atoms with Crippen LogP contribution in [-0.2, 0) is 14.3 Å². The lowest BCUT2D eigenvalue weighted by molar-refractivity contribution is -0.161. The van der Waals surface area contributed by atoms with Crippen molar-refractivity contribution in [3.8, 4) is 0 Å². The fourth-order valence-electron chi connectivity index (χ4n) is 4.71. The highest BCUT2D eigenvalue weighted by Gasteiger charge is 2.55. The van der Waals surface area contributed by atoms with Crippen LogP contribution < -0.4 is 10.6 Å². The molecule has 3 fully saturated rings. The molecule has 1 unspecified atom stereocenters. The van der Waals surface area contributed by atoms with Gasteiger partial charge in [0.05, 0.1) is 10.00 Å². The number of carbonyl (C=O) groups is 3. The summed E-state index contributed by atoms with van der Waals surface area (Å²) in [6.07, 6.45) is 4.35. The Bertz CT molecular complexity index is 612. The Labute approximate surface area is 176 Å². The van der Waals surface area contributed by atoms with Crippen LogP contribution in [0.15, 0.2) is 0 Å². The molecule has 2 bridgehead atoms. The van der Waals surface area contributed by atoms with Gasteiger partial charge in [-0.1, -0.05) is 6.42 Å². The van der Waals surface area contributed by atoms with Gasteiger partial charge >= 0.3 is 12.0 Å². The van der Waals surface area contributed by atoms with Crippen molar-refractivity contribution in [3.63, 3.8) is 0 Å². The molecule has 2 aliphatic carbocycles. The Hall–Kier alpha value is -0.890. The first-order valence-corrected chi connectivity index (χ1v) is 12.2. The van der Waals surface area contributed by atoms with Crippen molar-refractivity contribution in [2.75, 3.05) is 11.5 Å². The summed E-state index contributed by atoms with van der Waals surface area (Å²) in [6, 6.07) is -0.579. The zero-order valence-corrected chi connectivity index (χ0v) is 18.8. The van der Waals surface area contributed by atoms with Gasteiger partial charge in [-0.15, -0.1) is 23.5 Å². The van der Waals surface area contributed by atoms with Gasteiger partial charge in [-0.25, -0.2) is 4.79 Å². The third-order valence-corrected chi connectivity index (χ3v) is 9.86. The molecule has 1 saturated heterocycles. The lowest BCUT2D eigenvalue weighted by Gasteiger charge is -2.51. The van der Waals surface area contributed by atoms with Crippen molar-refractivity contribution in [2.45, 2.75) is 75.5 Å². The molecule has 1 aliphatic heterocycles. The number of amides is 3. The summed E-state index contributed by atoms with van der Waals surface area (Å²) < 4.78 is 5.76. The number of hydrogen-bond donors (Lipinski definition) is 2. The molecule has 6 nitrogen and oxygen atoms in total. The molecule has 8 heteroatoms.